The van der Waals surface area contributed by atoms with Crippen LogP contribution in [0, 0.1) is 0 Å². The lowest BCUT2D eigenvalue weighted by Gasteiger charge is -2.41. The van der Waals surface area contributed by atoms with Gasteiger partial charge in [-0.3, -0.25) is 0 Å². The van der Waals surface area contributed by atoms with Gasteiger partial charge < -0.3 is 0 Å². The van der Waals surface area contributed by atoms with Gasteiger partial charge in [0.1, 0.15) is 0 Å². The van der Waals surface area contributed by atoms with Crippen LogP contribution >= 0.6 is 0 Å². The second-order valence-electron chi connectivity index (χ2n) is 11.4. The van der Waals surface area contributed by atoms with Gasteiger partial charge in [0.05, 0.1) is 0 Å². The van der Waals surface area contributed by atoms with E-state index in [0.29, 0.717) is 11.8 Å². The van der Waals surface area contributed by atoms with Crippen molar-refractivity contribution in [3.63, 3.8) is 0 Å². The van der Waals surface area contributed by atoms with Gasteiger partial charge in [0.25, 0.3) is 0 Å². The zero-order valence-corrected chi connectivity index (χ0v) is 22.5. The molecule has 0 aliphatic carbocycles. The predicted molar refractivity (Wildman–Crippen MR) is 156 cm³/mol. The SMILES string of the molecule is CCC(CC(CC(C)(CC(C)(C)c1ccccc1)c1ccccc1)c1ccccc1)c1ccccc1. The van der Waals surface area contributed by atoms with Crippen LogP contribution in [0.1, 0.15) is 87.5 Å². The quantitative estimate of drug-likeness (QED) is 0.203. The molecule has 36 heavy (non-hydrogen) atoms. The van der Waals surface area contributed by atoms with E-state index in [1.165, 1.54) is 28.7 Å². The Labute approximate surface area is 219 Å². The lowest BCUT2D eigenvalue weighted by Crippen LogP contribution is -2.34. The molecule has 0 saturated carbocycles. The minimum Gasteiger partial charge on any atom is -0.0648 e. The van der Waals surface area contributed by atoms with Gasteiger partial charge in [0, 0.05) is 0 Å². The van der Waals surface area contributed by atoms with E-state index in [0.717, 1.165) is 19.3 Å². The highest BCUT2D eigenvalue weighted by Gasteiger charge is 2.37. The lowest BCUT2D eigenvalue weighted by molar-refractivity contribution is 0.279. The molecule has 0 heteroatoms. The van der Waals surface area contributed by atoms with Crippen LogP contribution in [0.3, 0.4) is 0 Å². The molecule has 0 N–H and O–H groups in total. The summed E-state index contributed by atoms with van der Waals surface area (Å²) in [4.78, 5) is 0. The summed E-state index contributed by atoms with van der Waals surface area (Å²) in [6.07, 6.45) is 4.55. The van der Waals surface area contributed by atoms with Crippen molar-refractivity contribution >= 4 is 0 Å². The molecule has 0 nitrogen and oxygen atoms in total. The second-order valence-corrected chi connectivity index (χ2v) is 11.4. The van der Waals surface area contributed by atoms with Gasteiger partial charge in [-0.2, -0.15) is 0 Å². The van der Waals surface area contributed by atoms with Gasteiger partial charge in [-0.25, -0.2) is 0 Å². The van der Waals surface area contributed by atoms with Crippen LogP contribution in [-0.4, -0.2) is 0 Å². The van der Waals surface area contributed by atoms with E-state index in [-0.39, 0.29) is 10.8 Å². The van der Waals surface area contributed by atoms with Gasteiger partial charge in [-0.1, -0.05) is 149 Å². The number of hydrogen-bond acceptors (Lipinski definition) is 0. The summed E-state index contributed by atoms with van der Waals surface area (Å²) in [5.41, 5.74) is 5.90. The Morgan fingerprint density at radius 1 is 0.528 bits per heavy atom. The van der Waals surface area contributed by atoms with Crippen molar-refractivity contribution in [3.05, 3.63) is 144 Å². The molecule has 4 aromatic carbocycles. The molecule has 0 radical (unpaired) electrons. The normalized spacial score (nSPS) is 15.1. The van der Waals surface area contributed by atoms with Crippen molar-refractivity contribution in [2.45, 2.75) is 76.0 Å². The summed E-state index contributed by atoms with van der Waals surface area (Å²) < 4.78 is 0. The molecule has 0 bridgehead atoms. The summed E-state index contributed by atoms with van der Waals surface area (Å²) in [7, 11) is 0. The maximum absolute atomic E-state index is 2.51. The number of hydrogen-bond donors (Lipinski definition) is 0. The van der Waals surface area contributed by atoms with Crippen molar-refractivity contribution in [2.24, 2.45) is 0 Å². The molecule has 0 saturated heterocycles. The minimum absolute atomic E-state index is 0.0378. The average Bonchev–Trinajstić information content (AvgIpc) is 2.93. The lowest BCUT2D eigenvalue weighted by atomic mass is 9.63. The van der Waals surface area contributed by atoms with E-state index in [1.807, 2.05) is 0 Å². The molecule has 186 valence electrons. The van der Waals surface area contributed by atoms with Gasteiger partial charge >= 0.3 is 0 Å². The molecular formula is C36H42. The third kappa shape index (κ3) is 6.35. The second kappa shape index (κ2) is 11.7. The van der Waals surface area contributed by atoms with Gasteiger partial charge in [0.15, 0.2) is 0 Å². The third-order valence-electron chi connectivity index (χ3n) is 8.16. The largest absolute Gasteiger partial charge is 0.0648 e. The van der Waals surface area contributed by atoms with Crippen LogP contribution in [0.5, 0.6) is 0 Å². The Morgan fingerprint density at radius 2 is 0.944 bits per heavy atom. The predicted octanol–water partition coefficient (Wildman–Crippen LogP) is 10.1. The molecule has 0 amide bonds. The zero-order valence-electron chi connectivity index (χ0n) is 22.5. The first-order valence-electron chi connectivity index (χ1n) is 13.6. The fourth-order valence-corrected chi connectivity index (χ4v) is 6.31. The molecular weight excluding hydrogens is 432 g/mol. The Bertz CT molecular complexity index is 1160. The summed E-state index contributed by atoms with van der Waals surface area (Å²) in [5, 5.41) is 0. The summed E-state index contributed by atoms with van der Waals surface area (Å²) in [5.74, 6) is 1.03. The van der Waals surface area contributed by atoms with E-state index in [4.69, 9.17) is 0 Å². The number of rotatable bonds is 11. The molecule has 0 heterocycles. The Balaban J connectivity index is 1.72. The molecule has 0 aliphatic rings. The fraction of sp³-hybridized carbons (Fsp3) is 0.333. The van der Waals surface area contributed by atoms with Crippen molar-refractivity contribution < 1.29 is 0 Å². The van der Waals surface area contributed by atoms with E-state index in [1.54, 1.807) is 0 Å². The highest BCUT2D eigenvalue weighted by atomic mass is 14.4. The van der Waals surface area contributed by atoms with Crippen molar-refractivity contribution in [2.75, 3.05) is 0 Å². The Kier molecular flexibility index (Phi) is 8.47. The first kappa shape index (κ1) is 26.0. The van der Waals surface area contributed by atoms with E-state index in [2.05, 4.69) is 149 Å². The Morgan fingerprint density at radius 3 is 1.42 bits per heavy atom. The highest BCUT2D eigenvalue weighted by molar-refractivity contribution is 5.32. The van der Waals surface area contributed by atoms with Crippen LogP contribution in [0.2, 0.25) is 0 Å². The monoisotopic (exact) mass is 474 g/mol. The molecule has 3 unspecified atom stereocenters. The van der Waals surface area contributed by atoms with Crippen molar-refractivity contribution in [1.29, 1.82) is 0 Å². The maximum atomic E-state index is 2.51. The van der Waals surface area contributed by atoms with Gasteiger partial charge in [-0.05, 0) is 70.6 Å². The van der Waals surface area contributed by atoms with Gasteiger partial charge in [-0.15, -0.1) is 0 Å². The Hall–Kier alpha value is -3.12. The van der Waals surface area contributed by atoms with Crippen LogP contribution in [0.25, 0.3) is 0 Å². The van der Waals surface area contributed by atoms with Crippen molar-refractivity contribution in [1.82, 2.24) is 0 Å². The highest BCUT2D eigenvalue weighted by Crippen LogP contribution is 2.47. The van der Waals surface area contributed by atoms with Crippen LogP contribution in [-0.2, 0) is 10.8 Å². The first-order valence-corrected chi connectivity index (χ1v) is 13.6. The smallest absolute Gasteiger partial charge is 0.00612 e. The molecule has 0 fully saturated rings. The zero-order chi connectivity index (χ0) is 25.4. The molecule has 0 spiro atoms. The van der Waals surface area contributed by atoms with Crippen LogP contribution in [0.4, 0.5) is 0 Å². The van der Waals surface area contributed by atoms with E-state index >= 15 is 0 Å². The van der Waals surface area contributed by atoms with E-state index < -0.39 is 0 Å². The first-order chi connectivity index (χ1) is 17.4. The number of benzene rings is 4. The van der Waals surface area contributed by atoms with Crippen LogP contribution < -0.4 is 0 Å². The average molecular weight is 475 g/mol. The van der Waals surface area contributed by atoms with Crippen LogP contribution in [0.15, 0.2) is 121 Å². The molecule has 0 aromatic heterocycles. The summed E-state index contributed by atoms with van der Waals surface area (Å²) >= 11 is 0. The summed E-state index contributed by atoms with van der Waals surface area (Å²) in [6, 6.07) is 44.7. The fourth-order valence-electron chi connectivity index (χ4n) is 6.31. The topological polar surface area (TPSA) is 0 Å². The molecule has 3 atom stereocenters. The third-order valence-corrected chi connectivity index (χ3v) is 8.16. The van der Waals surface area contributed by atoms with E-state index in [9.17, 15) is 0 Å². The molecule has 4 aromatic rings. The minimum atomic E-state index is 0.0378. The standard InChI is InChI=1S/C36H42/c1-5-29(30-18-10-6-11-19-30)26-32(31-20-12-7-13-21-31)27-36(4,34-24-16-9-17-25-34)28-35(2,3)33-22-14-8-15-23-33/h6-25,29,32H,5,26-28H2,1-4H3. The molecule has 0 aliphatic heterocycles. The molecule has 4 rings (SSSR count). The van der Waals surface area contributed by atoms with Crippen molar-refractivity contribution in [3.8, 4) is 0 Å². The maximum Gasteiger partial charge on any atom is -0.00612 e. The van der Waals surface area contributed by atoms with Gasteiger partial charge in [0.2, 0.25) is 0 Å². The summed E-state index contributed by atoms with van der Waals surface area (Å²) in [6.45, 7) is 9.68.